The molecule has 6 aliphatic rings. The van der Waals surface area contributed by atoms with E-state index in [4.69, 9.17) is 4.74 Å². The van der Waals surface area contributed by atoms with Crippen molar-refractivity contribution >= 4 is 298 Å². The molecule has 2 atom stereocenters. The van der Waals surface area contributed by atoms with Crippen molar-refractivity contribution in [2.24, 2.45) is 0 Å². The van der Waals surface area contributed by atoms with Gasteiger partial charge in [-0.15, -0.1) is 0 Å². The van der Waals surface area contributed by atoms with E-state index < -0.39 is 11.0 Å². The zero-order valence-electron chi connectivity index (χ0n) is 40.0. The summed E-state index contributed by atoms with van der Waals surface area (Å²) in [6.07, 6.45) is 0.821. The Morgan fingerprint density at radius 1 is 0.377 bits per heavy atom. The molecule has 1 fully saturated rings. The molecule has 332 valence electrons. The SMILES string of the molecule is COC(=O)c1cccc(CC23c4c5c6c7c8c9c%10c%11c(c2c2c%12c3c3c%13c4c6c4c6c%13c%13c3c3c%12c%12c%14c2c%11c2c%11c%10c%10c8c8c7c4c4c6c6c%13c7c3c%12c3c(c%142)c2c%11c%10c%10c8c4c4c%10c2c3c7c64)C59N2CCSCC2)c1. The van der Waals surface area contributed by atoms with E-state index in [0.29, 0.717) is 5.56 Å². The Morgan fingerprint density at radius 2 is 0.649 bits per heavy atom. The lowest BCUT2D eigenvalue weighted by Gasteiger charge is -2.54. The van der Waals surface area contributed by atoms with Crippen LogP contribution in [0.4, 0.5) is 0 Å². The minimum absolute atomic E-state index is 0.246. The number of benzene rings is 18. The summed E-state index contributed by atoms with van der Waals surface area (Å²) in [5.41, 5.74) is 11.1. The van der Waals surface area contributed by atoms with E-state index in [1.54, 1.807) is 321 Å². The summed E-state index contributed by atoms with van der Waals surface area (Å²) < 4.78 is 5.55. The number of hydrogen-bond donors (Lipinski definition) is 0. The van der Waals surface area contributed by atoms with Crippen molar-refractivity contribution in [1.82, 2.24) is 4.90 Å². The first-order valence-corrected chi connectivity index (χ1v) is 29.7. The number of carbonyl (C=O) groups excluding carboxylic acids is 1. The topological polar surface area (TPSA) is 29.5 Å². The molecule has 1 heterocycles. The molecule has 34 rings (SSSR count). The molecule has 5 aliphatic carbocycles. The minimum atomic E-state index is -0.482. The Balaban J connectivity index is 1.09. The number of rotatable bonds is 4. The highest BCUT2D eigenvalue weighted by Crippen LogP contribution is 2.84. The number of hydrogen-bond acceptors (Lipinski definition) is 4. The van der Waals surface area contributed by atoms with E-state index in [-0.39, 0.29) is 5.97 Å². The van der Waals surface area contributed by atoms with Gasteiger partial charge in [-0.3, -0.25) is 4.90 Å². The average Bonchev–Trinajstić information content (AvgIpc) is 2.38. The van der Waals surface area contributed by atoms with E-state index in [1.807, 2.05) is 6.07 Å². The van der Waals surface area contributed by atoms with Crippen LogP contribution < -0.4 is 0 Å². The zero-order chi connectivity index (χ0) is 46.6. The van der Waals surface area contributed by atoms with Gasteiger partial charge in [0.2, 0.25) is 0 Å². The second-order valence-corrected chi connectivity index (χ2v) is 28.6. The summed E-state index contributed by atoms with van der Waals surface area (Å²) in [4.78, 5) is 16.9. The fourth-order valence-electron chi connectivity index (χ4n) is 26.2. The molecule has 0 saturated carbocycles. The number of esters is 1. The van der Waals surface area contributed by atoms with E-state index in [2.05, 4.69) is 34.9 Å². The van der Waals surface area contributed by atoms with E-state index in [1.165, 1.54) is 5.56 Å². The number of thioether (sulfide) groups is 1. The fourth-order valence-corrected chi connectivity index (χ4v) is 27.1. The molecule has 0 radical (unpaired) electrons. The maximum Gasteiger partial charge on any atom is 0.337 e. The van der Waals surface area contributed by atoms with Gasteiger partial charge in [0.1, 0.15) is 5.54 Å². The summed E-state index contributed by atoms with van der Waals surface area (Å²) in [7, 11) is 1.55. The maximum absolute atomic E-state index is 13.8. The smallest absolute Gasteiger partial charge is 0.337 e. The van der Waals surface area contributed by atoms with Crippen LogP contribution >= 0.6 is 11.8 Å². The van der Waals surface area contributed by atoms with E-state index in [9.17, 15) is 4.79 Å². The average molecular weight is 972 g/mol. The molecule has 0 N–H and O–H groups in total. The first-order chi connectivity index (χ1) is 38.3. The Hall–Kier alpha value is -8.54. The van der Waals surface area contributed by atoms with Gasteiger partial charge in [0, 0.05) is 24.6 Å². The zero-order valence-corrected chi connectivity index (χ0v) is 40.8. The summed E-state index contributed by atoms with van der Waals surface area (Å²) >= 11 is 2.18. The first kappa shape index (κ1) is 30.9. The lowest BCUT2D eigenvalue weighted by Crippen LogP contribution is -2.55. The van der Waals surface area contributed by atoms with Gasteiger partial charge in [-0.1, -0.05) is 12.1 Å². The second-order valence-electron chi connectivity index (χ2n) is 27.3. The molecule has 3 nitrogen and oxygen atoms in total. The molecule has 1 aliphatic heterocycles. The van der Waals surface area contributed by atoms with Crippen molar-refractivity contribution < 1.29 is 9.53 Å². The standard InChI is InChI=1S/C73H17NO2S/c1-76-71(75)12-4-2-3-11(9-12)10-72-65-57-48-41-28-21-15-16-18-14-13-17(15)26(28)32-30-19(13)23-20(14)31-33-27(18)29-22(16)25-24(21)35-43-36(25)45-42(29)49-47(33)51-38(31)40-34(23)39-37(30)50(46(32)48)61(65)63-52(39)53(40)64-62(51)66-58(49)55(45)60-56(43)59(54(57)44(35)41)67(72)69(60)73(66,70(64)68(63)72)74-5-7-77-8-6-74/h2-4,9H,5-8,10H2,1H3. The predicted molar refractivity (Wildman–Crippen MR) is 323 cm³/mol. The molecular weight excluding hydrogens is 955 g/mol. The van der Waals surface area contributed by atoms with Gasteiger partial charge in [0.25, 0.3) is 0 Å². The van der Waals surface area contributed by atoms with Crippen LogP contribution in [0.1, 0.15) is 49.3 Å². The summed E-state index contributed by atoms with van der Waals surface area (Å²) in [6, 6.07) is 8.77. The molecule has 0 amide bonds. The van der Waals surface area contributed by atoms with Crippen LogP contribution in [-0.2, 0) is 22.1 Å². The van der Waals surface area contributed by atoms with Gasteiger partial charge in [-0.2, -0.15) is 11.8 Å². The summed E-state index contributed by atoms with van der Waals surface area (Å²) in [5, 5.41) is 84.8. The van der Waals surface area contributed by atoms with Crippen LogP contribution in [0.5, 0.6) is 0 Å². The number of carbonyl (C=O) groups is 1. The fraction of sp³-hybridized carbons (Fsp3) is 0.110. The van der Waals surface area contributed by atoms with Crippen molar-refractivity contribution in [2.45, 2.75) is 17.4 Å². The minimum Gasteiger partial charge on any atom is -0.465 e. The third-order valence-corrected chi connectivity index (χ3v) is 27.6. The predicted octanol–water partition coefficient (Wildman–Crippen LogP) is 18.0. The molecule has 0 aromatic heterocycles. The Labute approximate surface area is 427 Å². The third-order valence-electron chi connectivity index (χ3n) is 26.7. The van der Waals surface area contributed by atoms with Gasteiger partial charge < -0.3 is 4.74 Å². The first-order valence-electron chi connectivity index (χ1n) is 28.5. The van der Waals surface area contributed by atoms with Crippen molar-refractivity contribution in [3.05, 3.63) is 68.8 Å². The molecule has 4 heteroatoms. The van der Waals surface area contributed by atoms with Crippen LogP contribution in [0.2, 0.25) is 0 Å². The van der Waals surface area contributed by atoms with Crippen molar-refractivity contribution in [1.29, 1.82) is 0 Å². The molecule has 28 aromatic carbocycles. The van der Waals surface area contributed by atoms with E-state index >= 15 is 0 Å². The highest BCUT2D eigenvalue weighted by Gasteiger charge is 2.68. The van der Waals surface area contributed by atoms with Gasteiger partial charge in [-0.05, 0) is 338 Å². The summed E-state index contributed by atoms with van der Waals surface area (Å²) in [6.45, 7) is 2.18. The Morgan fingerprint density at radius 3 is 1.03 bits per heavy atom. The highest BCUT2D eigenvalue weighted by atomic mass is 32.2. The van der Waals surface area contributed by atoms with Crippen molar-refractivity contribution in [3.63, 3.8) is 0 Å². The van der Waals surface area contributed by atoms with Crippen LogP contribution in [-0.4, -0.2) is 42.6 Å². The van der Waals surface area contributed by atoms with Gasteiger partial charge >= 0.3 is 5.97 Å². The van der Waals surface area contributed by atoms with Crippen LogP contribution in [0.25, 0.3) is 280 Å². The number of ether oxygens (including phenoxy) is 1. The maximum atomic E-state index is 13.8. The van der Waals surface area contributed by atoms with Crippen LogP contribution in [0, 0.1) is 0 Å². The molecule has 1 saturated heterocycles. The molecular formula is C73H17NO2S. The number of nitrogens with zero attached hydrogens (tertiary/aromatic N) is 1. The highest BCUT2D eigenvalue weighted by molar-refractivity contribution is 7.99. The van der Waals surface area contributed by atoms with Crippen molar-refractivity contribution in [3.8, 4) is 0 Å². The third kappa shape index (κ3) is 1.82. The van der Waals surface area contributed by atoms with Crippen molar-refractivity contribution in [2.75, 3.05) is 31.7 Å². The van der Waals surface area contributed by atoms with Gasteiger partial charge in [0.15, 0.2) is 0 Å². The van der Waals surface area contributed by atoms with E-state index in [0.717, 1.165) is 31.0 Å². The molecule has 2 unspecified atom stereocenters. The monoisotopic (exact) mass is 971 g/mol. The Bertz CT molecular complexity index is 7730. The van der Waals surface area contributed by atoms with Gasteiger partial charge in [0.05, 0.1) is 18.1 Å². The molecule has 28 aromatic rings. The van der Waals surface area contributed by atoms with Crippen LogP contribution in [0.15, 0.2) is 24.3 Å². The van der Waals surface area contributed by atoms with Gasteiger partial charge in [-0.25, -0.2) is 4.79 Å². The van der Waals surface area contributed by atoms with Crippen LogP contribution in [0.3, 0.4) is 0 Å². The number of methoxy groups -OCH3 is 1. The molecule has 0 spiro atoms. The normalized spacial score (nSPS) is 22.2. The molecule has 0 bridgehead atoms. The quantitative estimate of drug-likeness (QED) is 0.130. The second kappa shape index (κ2) is 7.42. The lowest BCUT2D eigenvalue weighted by molar-refractivity contribution is 0.0600. The molecule has 77 heavy (non-hydrogen) atoms. The lowest BCUT2D eigenvalue weighted by atomic mass is 9.55. The largest absolute Gasteiger partial charge is 0.465 e. The Kier molecular flexibility index (Phi) is 2.97. The summed E-state index contributed by atoms with van der Waals surface area (Å²) in [5.74, 6) is 2.08.